The van der Waals surface area contributed by atoms with Gasteiger partial charge in [0, 0.05) is 0 Å². The van der Waals surface area contributed by atoms with Gasteiger partial charge >= 0.3 is 0 Å². The number of methoxy groups -OCH3 is 1. The van der Waals surface area contributed by atoms with E-state index in [1.165, 1.54) is 17.5 Å². The summed E-state index contributed by atoms with van der Waals surface area (Å²) >= 11 is 0. The molecule has 1 aromatic rings. The van der Waals surface area contributed by atoms with Crippen molar-refractivity contribution in [2.45, 2.75) is 26.2 Å². The van der Waals surface area contributed by atoms with Crippen LogP contribution < -0.4 is 4.74 Å². The van der Waals surface area contributed by atoms with Crippen LogP contribution in [-0.2, 0) is 12.8 Å². The second-order valence-corrected chi connectivity index (χ2v) is 3.15. The Kier molecular flexibility index (Phi) is 3.81. The Morgan fingerprint density at radius 3 is 2.69 bits per heavy atom. The second kappa shape index (κ2) is 4.90. The van der Waals surface area contributed by atoms with Gasteiger partial charge in [0.15, 0.2) is 0 Å². The second-order valence-electron chi connectivity index (χ2n) is 3.15. The highest BCUT2D eigenvalue weighted by Crippen LogP contribution is 2.21. The number of hydrogen-bond acceptors (Lipinski definition) is 1. The molecule has 0 saturated heterocycles. The molecule has 0 amide bonds. The molecule has 1 radical (unpaired) electrons. The highest BCUT2D eigenvalue weighted by Gasteiger charge is 2.01. The summed E-state index contributed by atoms with van der Waals surface area (Å²) < 4.78 is 5.28. The fourth-order valence-corrected chi connectivity index (χ4v) is 1.44. The van der Waals surface area contributed by atoms with Crippen LogP contribution in [-0.4, -0.2) is 7.11 Å². The Labute approximate surface area is 80.7 Å². The summed E-state index contributed by atoms with van der Waals surface area (Å²) in [5.41, 5.74) is 2.53. The predicted octanol–water partition coefficient (Wildman–Crippen LogP) is 3.02. The zero-order valence-electron chi connectivity index (χ0n) is 8.47. The fraction of sp³-hybridized carbons (Fsp3) is 0.417. The molecule has 0 unspecified atom stereocenters. The van der Waals surface area contributed by atoms with Crippen molar-refractivity contribution in [3.8, 4) is 5.75 Å². The molecule has 71 valence electrons. The zero-order chi connectivity index (χ0) is 9.68. The number of rotatable bonds is 4. The largest absolute Gasteiger partial charge is 0.496 e. The summed E-state index contributed by atoms with van der Waals surface area (Å²) in [6, 6.07) is 6.38. The summed E-state index contributed by atoms with van der Waals surface area (Å²) in [5, 5.41) is 0. The molecule has 0 aromatic heterocycles. The molecule has 1 nitrogen and oxygen atoms in total. The molecule has 0 N–H and O–H groups in total. The first-order chi connectivity index (χ1) is 6.31. The van der Waals surface area contributed by atoms with Crippen molar-refractivity contribution in [1.82, 2.24) is 0 Å². The molecule has 1 heteroatoms. The van der Waals surface area contributed by atoms with Crippen LogP contribution in [0.1, 0.15) is 24.5 Å². The molecule has 0 aliphatic heterocycles. The Morgan fingerprint density at radius 1 is 1.38 bits per heavy atom. The van der Waals surface area contributed by atoms with Crippen LogP contribution in [0.2, 0.25) is 0 Å². The van der Waals surface area contributed by atoms with Crippen molar-refractivity contribution in [2.75, 3.05) is 7.11 Å². The van der Waals surface area contributed by atoms with Gasteiger partial charge in [-0.3, -0.25) is 0 Å². The highest BCUT2D eigenvalue weighted by atomic mass is 16.5. The molecular formula is C12H17O. The van der Waals surface area contributed by atoms with Crippen molar-refractivity contribution in [2.24, 2.45) is 0 Å². The average molecular weight is 177 g/mol. The minimum atomic E-state index is 0.787. The molecule has 0 aliphatic carbocycles. The monoisotopic (exact) mass is 177 g/mol. The van der Waals surface area contributed by atoms with E-state index in [4.69, 9.17) is 4.74 Å². The normalized spacial score (nSPS) is 10.1. The van der Waals surface area contributed by atoms with E-state index in [0.717, 1.165) is 18.6 Å². The number of aryl methyl sites for hydroxylation is 1. The molecule has 1 rings (SSSR count). The molecule has 13 heavy (non-hydrogen) atoms. The first-order valence-corrected chi connectivity index (χ1v) is 4.76. The van der Waals surface area contributed by atoms with Gasteiger partial charge in [-0.25, -0.2) is 0 Å². The molecular weight excluding hydrogens is 160 g/mol. The van der Waals surface area contributed by atoms with Crippen LogP contribution in [0.25, 0.3) is 0 Å². The smallest absolute Gasteiger partial charge is 0.122 e. The van der Waals surface area contributed by atoms with Crippen molar-refractivity contribution < 1.29 is 4.74 Å². The van der Waals surface area contributed by atoms with E-state index in [1.54, 1.807) is 7.11 Å². The third kappa shape index (κ3) is 2.48. The Morgan fingerprint density at radius 2 is 2.15 bits per heavy atom. The van der Waals surface area contributed by atoms with Gasteiger partial charge in [-0.05, 0) is 37.0 Å². The first kappa shape index (κ1) is 10.1. The van der Waals surface area contributed by atoms with Gasteiger partial charge in [-0.2, -0.15) is 0 Å². The van der Waals surface area contributed by atoms with Crippen molar-refractivity contribution in [1.29, 1.82) is 0 Å². The van der Waals surface area contributed by atoms with E-state index in [1.807, 2.05) is 0 Å². The first-order valence-electron chi connectivity index (χ1n) is 4.76. The number of ether oxygens (including phenoxy) is 1. The predicted molar refractivity (Wildman–Crippen MR) is 56.1 cm³/mol. The van der Waals surface area contributed by atoms with E-state index >= 15 is 0 Å². The molecule has 0 saturated carbocycles. The van der Waals surface area contributed by atoms with E-state index in [2.05, 4.69) is 32.0 Å². The molecule has 0 fully saturated rings. The lowest BCUT2D eigenvalue weighted by Crippen LogP contribution is -1.92. The third-order valence-corrected chi connectivity index (χ3v) is 2.16. The van der Waals surface area contributed by atoms with Crippen molar-refractivity contribution in [3.05, 3.63) is 36.2 Å². The minimum absolute atomic E-state index is 0.787. The minimum Gasteiger partial charge on any atom is -0.496 e. The van der Waals surface area contributed by atoms with Gasteiger partial charge in [-0.1, -0.05) is 25.5 Å². The lowest BCUT2D eigenvalue weighted by molar-refractivity contribution is 0.410. The van der Waals surface area contributed by atoms with E-state index in [0.29, 0.717) is 0 Å². The molecule has 0 heterocycles. The van der Waals surface area contributed by atoms with Gasteiger partial charge < -0.3 is 4.74 Å². The summed E-state index contributed by atoms with van der Waals surface area (Å²) in [4.78, 5) is 0. The summed E-state index contributed by atoms with van der Waals surface area (Å²) in [7, 11) is 1.71. The van der Waals surface area contributed by atoms with E-state index in [-0.39, 0.29) is 0 Å². The van der Waals surface area contributed by atoms with E-state index in [9.17, 15) is 0 Å². The quantitative estimate of drug-likeness (QED) is 0.687. The summed E-state index contributed by atoms with van der Waals surface area (Å²) in [6.45, 7) is 6.04. The van der Waals surface area contributed by atoms with Crippen LogP contribution in [0.15, 0.2) is 18.2 Å². The maximum absolute atomic E-state index is 5.28. The Hall–Kier alpha value is -0.980. The van der Waals surface area contributed by atoms with Crippen LogP contribution in [0.3, 0.4) is 0 Å². The van der Waals surface area contributed by atoms with Gasteiger partial charge in [0.05, 0.1) is 7.11 Å². The lowest BCUT2D eigenvalue weighted by atomic mass is 10.1. The van der Waals surface area contributed by atoms with Crippen LogP contribution >= 0.6 is 0 Å². The zero-order valence-corrected chi connectivity index (χ0v) is 8.47. The van der Waals surface area contributed by atoms with Gasteiger partial charge in [0.25, 0.3) is 0 Å². The SMILES string of the molecule is [CH2]Cc1ccc(CCC)cc1OC. The summed E-state index contributed by atoms with van der Waals surface area (Å²) in [6.07, 6.45) is 3.08. The number of benzene rings is 1. The Balaban J connectivity index is 2.91. The van der Waals surface area contributed by atoms with E-state index < -0.39 is 0 Å². The maximum atomic E-state index is 5.28. The maximum Gasteiger partial charge on any atom is 0.122 e. The lowest BCUT2D eigenvalue weighted by Gasteiger charge is -2.08. The van der Waals surface area contributed by atoms with Crippen molar-refractivity contribution in [3.63, 3.8) is 0 Å². The molecule has 0 bridgehead atoms. The topological polar surface area (TPSA) is 9.23 Å². The van der Waals surface area contributed by atoms with Crippen LogP contribution in [0, 0.1) is 6.92 Å². The standard InChI is InChI=1S/C12H17O/c1-4-6-10-7-8-11(5-2)12(9-10)13-3/h7-9H,2,4-6H2,1,3H3. The molecule has 0 spiro atoms. The van der Waals surface area contributed by atoms with Gasteiger partial charge in [0.2, 0.25) is 0 Å². The van der Waals surface area contributed by atoms with Gasteiger partial charge in [-0.15, -0.1) is 0 Å². The Bertz CT molecular complexity index is 266. The molecule has 1 aromatic carbocycles. The average Bonchev–Trinajstić information content (AvgIpc) is 2.18. The third-order valence-electron chi connectivity index (χ3n) is 2.16. The summed E-state index contributed by atoms with van der Waals surface area (Å²) in [5.74, 6) is 0.973. The highest BCUT2D eigenvalue weighted by molar-refractivity contribution is 5.38. The fourth-order valence-electron chi connectivity index (χ4n) is 1.44. The van der Waals surface area contributed by atoms with Crippen LogP contribution in [0.5, 0.6) is 5.75 Å². The van der Waals surface area contributed by atoms with Gasteiger partial charge in [0.1, 0.15) is 5.75 Å². The molecule has 0 atom stereocenters. The molecule has 0 aliphatic rings. The van der Waals surface area contributed by atoms with Crippen molar-refractivity contribution >= 4 is 0 Å². The number of hydrogen-bond donors (Lipinski definition) is 0. The van der Waals surface area contributed by atoms with Crippen LogP contribution in [0.4, 0.5) is 0 Å².